The number of aliphatic carboxylic acids is 1. The molecule has 3 rings (SSSR count). The molecule has 0 unspecified atom stereocenters. The largest absolute Gasteiger partial charge is 0.491 e. The van der Waals surface area contributed by atoms with Crippen LogP contribution < -0.4 is 4.74 Å². The van der Waals surface area contributed by atoms with Gasteiger partial charge in [-0.1, -0.05) is 6.07 Å². The molecule has 0 spiro atoms. The summed E-state index contributed by atoms with van der Waals surface area (Å²) in [6.07, 6.45) is 2.62. The molecule has 5 nitrogen and oxygen atoms in total. The zero-order valence-electron chi connectivity index (χ0n) is 14.7. The number of fused-ring (bicyclic) bond motifs is 1. The summed E-state index contributed by atoms with van der Waals surface area (Å²) in [5.74, 6) is -0.000297. The monoisotopic (exact) mass is 338 g/mol. The molecule has 0 amide bonds. The lowest BCUT2D eigenvalue weighted by molar-refractivity contribution is -0.136. The third kappa shape index (κ3) is 3.82. The number of carboxylic acid groups (broad SMARTS) is 1. The predicted octanol–water partition coefficient (Wildman–Crippen LogP) is 4.11. The smallest absolute Gasteiger partial charge is 0.303 e. The maximum absolute atomic E-state index is 11.0. The zero-order valence-corrected chi connectivity index (χ0v) is 14.7. The van der Waals surface area contributed by atoms with Crippen molar-refractivity contribution in [1.82, 2.24) is 9.38 Å². The van der Waals surface area contributed by atoms with Gasteiger partial charge in [0, 0.05) is 18.2 Å². The van der Waals surface area contributed by atoms with Crippen LogP contribution in [0.15, 0.2) is 42.6 Å². The summed E-state index contributed by atoms with van der Waals surface area (Å²) in [6.45, 7) is 5.99. The van der Waals surface area contributed by atoms with Crippen molar-refractivity contribution < 1.29 is 14.6 Å². The highest BCUT2D eigenvalue weighted by molar-refractivity contribution is 5.70. The molecule has 0 atom stereocenters. The van der Waals surface area contributed by atoms with E-state index in [1.165, 1.54) is 0 Å². The van der Waals surface area contributed by atoms with Crippen LogP contribution in [0.5, 0.6) is 5.75 Å². The van der Waals surface area contributed by atoms with Gasteiger partial charge in [-0.25, -0.2) is 4.98 Å². The van der Waals surface area contributed by atoms with Crippen LogP contribution >= 0.6 is 0 Å². The van der Waals surface area contributed by atoms with E-state index >= 15 is 0 Å². The van der Waals surface area contributed by atoms with E-state index in [0.717, 1.165) is 33.9 Å². The van der Waals surface area contributed by atoms with Gasteiger partial charge in [0.2, 0.25) is 0 Å². The van der Waals surface area contributed by atoms with Gasteiger partial charge in [-0.3, -0.25) is 4.79 Å². The van der Waals surface area contributed by atoms with Crippen molar-refractivity contribution in [2.24, 2.45) is 0 Å². The molecule has 25 heavy (non-hydrogen) atoms. The molecule has 0 aliphatic carbocycles. The second kappa shape index (κ2) is 6.97. The van der Waals surface area contributed by atoms with Gasteiger partial charge in [0.05, 0.1) is 23.9 Å². The second-order valence-electron chi connectivity index (χ2n) is 6.43. The minimum absolute atomic E-state index is 0.0727. The normalized spacial score (nSPS) is 11.2. The van der Waals surface area contributed by atoms with Crippen molar-refractivity contribution >= 4 is 11.6 Å². The van der Waals surface area contributed by atoms with Crippen LogP contribution in [0.1, 0.15) is 31.5 Å². The number of nitrogens with zero attached hydrogens (tertiary/aromatic N) is 2. The fourth-order valence-corrected chi connectivity index (χ4v) is 2.86. The number of rotatable bonds is 6. The number of pyridine rings is 1. The van der Waals surface area contributed by atoms with Crippen LogP contribution in [0, 0.1) is 6.92 Å². The highest BCUT2D eigenvalue weighted by Gasteiger charge is 2.15. The maximum Gasteiger partial charge on any atom is 0.303 e. The summed E-state index contributed by atoms with van der Waals surface area (Å²) < 4.78 is 7.68. The number of hydrogen-bond donors (Lipinski definition) is 1. The van der Waals surface area contributed by atoms with E-state index < -0.39 is 5.97 Å². The van der Waals surface area contributed by atoms with Gasteiger partial charge in [-0.05, 0) is 56.7 Å². The van der Waals surface area contributed by atoms with E-state index in [2.05, 4.69) is 0 Å². The number of carbonyl (C=O) groups is 1. The molecule has 2 aromatic heterocycles. The first-order valence-electron chi connectivity index (χ1n) is 8.40. The summed E-state index contributed by atoms with van der Waals surface area (Å²) in [5, 5.41) is 9.07. The Bertz CT molecular complexity index is 895. The average molecular weight is 338 g/mol. The molecule has 0 saturated carbocycles. The molecule has 1 N–H and O–H groups in total. The van der Waals surface area contributed by atoms with Crippen LogP contribution in [0.25, 0.3) is 16.9 Å². The Kier molecular flexibility index (Phi) is 4.74. The fourth-order valence-electron chi connectivity index (χ4n) is 2.86. The van der Waals surface area contributed by atoms with Gasteiger partial charge in [-0.2, -0.15) is 0 Å². The Morgan fingerprint density at radius 2 is 1.92 bits per heavy atom. The zero-order chi connectivity index (χ0) is 18.0. The van der Waals surface area contributed by atoms with Gasteiger partial charge in [-0.15, -0.1) is 0 Å². The van der Waals surface area contributed by atoms with Crippen LogP contribution in [0.2, 0.25) is 0 Å². The molecule has 0 bridgehead atoms. The summed E-state index contributed by atoms with van der Waals surface area (Å²) in [7, 11) is 0. The first-order chi connectivity index (χ1) is 11.9. The van der Waals surface area contributed by atoms with E-state index in [1.807, 2.05) is 67.8 Å². The van der Waals surface area contributed by atoms with Gasteiger partial charge in [0.1, 0.15) is 11.4 Å². The molecular weight excluding hydrogens is 316 g/mol. The molecule has 5 heteroatoms. The van der Waals surface area contributed by atoms with Crippen LogP contribution in [0.3, 0.4) is 0 Å². The highest BCUT2D eigenvalue weighted by atomic mass is 16.5. The molecule has 1 aromatic carbocycles. The Labute approximate surface area is 146 Å². The number of hydrogen-bond acceptors (Lipinski definition) is 3. The van der Waals surface area contributed by atoms with E-state index in [4.69, 9.17) is 14.8 Å². The predicted molar refractivity (Wildman–Crippen MR) is 97.1 cm³/mol. The molecular formula is C20H22N2O3. The minimum Gasteiger partial charge on any atom is -0.491 e. The lowest BCUT2D eigenvalue weighted by atomic mass is 10.1. The Balaban J connectivity index is 2.04. The molecule has 0 aliphatic heterocycles. The van der Waals surface area contributed by atoms with Crippen LogP contribution in [0.4, 0.5) is 0 Å². The average Bonchev–Trinajstić information content (AvgIpc) is 2.90. The molecule has 0 saturated heterocycles. The lowest BCUT2D eigenvalue weighted by Crippen LogP contribution is -2.05. The molecule has 2 heterocycles. The standard InChI is InChI=1S/C20H22N2O3/c1-13(2)25-16-7-5-15(6-8-16)20-17(9-11-19(23)24)22-12-14(3)4-10-18(22)21-20/h4-8,10,12-13H,9,11H2,1-3H3,(H,23,24). The number of aromatic nitrogens is 2. The van der Waals surface area contributed by atoms with E-state index in [0.29, 0.717) is 6.42 Å². The van der Waals surface area contributed by atoms with Crippen molar-refractivity contribution in [3.63, 3.8) is 0 Å². The molecule has 3 aromatic rings. The molecule has 0 aliphatic rings. The van der Waals surface area contributed by atoms with Gasteiger partial charge >= 0.3 is 5.97 Å². The molecule has 0 fully saturated rings. The molecule has 0 radical (unpaired) electrons. The number of benzene rings is 1. The maximum atomic E-state index is 11.0. The summed E-state index contributed by atoms with van der Waals surface area (Å²) in [6, 6.07) is 11.7. The summed E-state index contributed by atoms with van der Waals surface area (Å²) in [4.78, 5) is 15.8. The van der Waals surface area contributed by atoms with Crippen molar-refractivity contribution in [3.05, 3.63) is 53.9 Å². The van der Waals surface area contributed by atoms with Crippen LogP contribution in [-0.4, -0.2) is 26.6 Å². The number of ether oxygens (including phenoxy) is 1. The topological polar surface area (TPSA) is 63.8 Å². The Morgan fingerprint density at radius 1 is 1.20 bits per heavy atom. The summed E-state index contributed by atoms with van der Waals surface area (Å²) in [5.41, 5.74) is 4.62. The van der Waals surface area contributed by atoms with Crippen molar-refractivity contribution in [2.75, 3.05) is 0 Å². The number of carboxylic acids is 1. The summed E-state index contributed by atoms with van der Waals surface area (Å²) >= 11 is 0. The minimum atomic E-state index is -0.811. The lowest BCUT2D eigenvalue weighted by Gasteiger charge is -2.10. The fraction of sp³-hybridized carbons (Fsp3) is 0.300. The highest BCUT2D eigenvalue weighted by Crippen LogP contribution is 2.28. The Morgan fingerprint density at radius 3 is 2.56 bits per heavy atom. The van der Waals surface area contributed by atoms with Gasteiger partial charge < -0.3 is 14.2 Å². The van der Waals surface area contributed by atoms with Crippen LogP contribution in [-0.2, 0) is 11.2 Å². The first-order valence-corrected chi connectivity index (χ1v) is 8.40. The Hall–Kier alpha value is -2.82. The third-order valence-corrected chi connectivity index (χ3v) is 3.94. The third-order valence-electron chi connectivity index (χ3n) is 3.94. The van der Waals surface area contributed by atoms with E-state index in [1.54, 1.807) is 0 Å². The van der Waals surface area contributed by atoms with Gasteiger partial charge in [0.15, 0.2) is 0 Å². The first kappa shape index (κ1) is 17.0. The van der Waals surface area contributed by atoms with Crippen molar-refractivity contribution in [3.8, 4) is 17.0 Å². The quantitative estimate of drug-likeness (QED) is 0.734. The number of aryl methyl sites for hydroxylation is 2. The van der Waals surface area contributed by atoms with E-state index in [9.17, 15) is 4.79 Å². The molecule has 130 valence electrons. The SMILES string of the molecule is Cc1ccc2nc(-c3ccc(OC(C)C)cc3)c(CCC(=O)O)n2c1. The van der Waals surface area contributed by atoms with E-state index in [-0.39, 0.29) is 12.5 Å². The van der Waals surface area contributed by atoms with Gasteiger partial charge in [0.25, 0.3) is 0 Å². The van der Waals surface area contributed by atoms with Crippen molar-refractivity contribution in [2.45, 2.75) is 39.7 Å². The number of imidazole rings is 1. The second-order valence-corrected chi connectivity index (χ2v) is 6.43. The van der Waals surface area contributed by atoms with Crippen molar-refractivity contribution in [1.29, 1.82) is 0 Å².